The molecule has 0 radical (unpaired) electrons. The fourth-order valence-corrected chi connectivity index (χ4v) is 3.36. The SMILES string of the molecule is CCS(=O)c1ccccc1C(=O)OC(C)C(=O)Nc1ccc(Br)cc1F. The van der Waals surface area contributed by atoms with Crippen molar-refractivity contribution in [2.45, 2.75) is 24.8 Å². The van der Waals surface area contributed by atoms with Crippen molar-refractivity contribution in [1.29, 1.82) is 0 Å². The molecule has 138 valence electrons. The summed E-state index contributed by atoms with van der Waals surface area (Å²) >= 11 is 3.13. The van der Waals surface area contributed by atoms with Crippen molar-refractivity contribution in [2.75, 3.05) is 11.1 Å². The standard InChI is InChI=1S/C18H17BrFNO4S/c1-3-26(24)16-7-5-4-6-13(16)18(23)25-11(2)17(22)21-15-9-8-12(19)10-14(15)20/h4-11H,3H2,1-2H3,(H,21,22). The van der Waals surface area contributed by atoms with Gasteiger partial charge in [-0.3, -0.25) is 9.00 Å². The van der Waals surface area contributed by atoms with Gasteiger partial charge in [0.05, 0.1) is 26.9 Å². The maximum absolute atomic E-state index is 13.8. The molecule has 26 heavy (non-hydrogen) atoms. The van der Waals surface area contributed by atoms with Gasteiger partial charge >= 0.3 is 5.97 Å². The largest absolute Gasteiger partial charge is 0.449 e. The average Bonchev–Trinajstić information content (AvgIpc) is 2.63. The molecular formula is C18H17BrFNO4S. The number of amides is 1. The minimum absolute atomic E-state index is 0.0198. The van der Waals surface area contributed by atoms with Crippen LogP contribution in [0.25, 0.3) is 0 Å². The van der Waals surface area contributed by atoms with Crippen LogP contribution in [0.4, 0.5) is 10.1 Å². The van der Waals surface area contributed by atoms with E-state index < -0.39 is 34.6 Å². The third-order valence-electron chi connectivity index (χ3n) is 3.46. The van der Waals surface area contributed by atoms with E-state index in [-0.39, 0.29) is 11.3 Å². The molecule has 0 bridgehead atoms. The van der Waals surface area contributed by atoms with Crippen molar-refractivity contribution in [1.82, 2.24) is 0 Å². The fraction of sp³-hybridized carbons (Fsp3) is 0.222. The molecular weight excluding hydrogens is 425 g/mol. The van der Waals surface area contributed by atoms with E-state index in [9.17, 15) is 18.2 Å². The molecule has 2 atom stereocenters. The molecule has 2 rings (SSSR count). The van der Waals surface area contributed by atoms with Gasteiger partial charge in [-0.15, -0.1) is 0 Å². The van der Waals surface area contributed by atoms with Gasteiger partial charge in [-0.1, -0.05) is 35.0 Å². The topological polar surface area (TPSA) is 72.5 Å². The lowest BCUT2D eigenvalue weighted by Crippen LogP contribution is -2.30. The Kier molecular flexibility index (Phi) is 7.05. The maximum atomic E-state index is 13.8. The average molecular weight is 442 g/mol. The van der Waals surface area contributed by atoms with E-state index >= 15 is 0 Å². The monoisotopic (exact) mass is 441 g/mol. The van der Waals surface area contributed by atoms with Crippen LogP contribution in [0.1, 0.15) is 24.2 Å². The number of rotatable bonds is 6. The second kappa shape index (κ2) is 9.05. The Balaban J connectivity index is 2.09. The van der Waals surface area contributed by atoms with Gasteiger partial charge in [0.2, 0.25) is 0 Å². The molecule has 0 aliphatic carbocycles. The summed E-state index contributed by atoms with van der Waals surface area (Å²) in [6.07, 6.45) is -1.16. The maximum Gasteiger partial charge on any atom is 0.340 e. The fourth-order valence-electron chi connectivity index (χ4n) is 2.09. The molecule has 0 aliphatic heterocycles. The van der Waals surface area contributed by atoms with Gasteiger partial charge in [0.25, 0.3) is 5.91 Å². The van der Waals surface area contributed by atoms with Crippen LogP contribution in [0.2, 0.25) is 0 Å². The smallest absolute Gasteiger partial charge is 0.340 e. The van der Waals surface area contributed by atoms with Crippen LogP contribution >= 0.6 is 15.9 Å². The van der Waals surface area contributed by atoms with Crippen molar-refractivity contribution in [3.8, 4) is 0 Å². The third-order valence-corrected chi connectivity index (χ3v) is 5.32. The number of ether oxygens (including phenoxy) is 1. The summed E-state index contributed by atoms with van der Waals surface area (Å²) in [7, 11) is -1.34. The first-order valence-corrected chi connectivity index (χ1v) is 9.89. The molecule has 2 aromatic rings. The van der Waals surface area contributed by atoms with Gasteiger partial charge in [0.15, 0.2) is 6.10 Å². The summed E-state index contributed by atoms with van der Waals surface area (Å²) in [5.74, 6) is -1.70. The van der Waals surface area contributed by atoms with E-state index in [0.717, 1.165) is 0 Å². The predicted molar refractivity (Wildman–Crippen MR) is 101 cm³/mol. The number of halogens is 2. The Morgan fingerprint density at radius 3 is 2.62 bits per heavy atom. The van der Waals surface area contributed by atoms with Crippen molar-refractivity contribution in [2.24, 2.45) is 0 Å². The molecule has 0 saturated heterocycles. The summed E-state index contributed by atoms with van der Waals surface area (Å²) in [5, 5.41) is 2.37. The Morgan fingerprint density at radius 1 is 1.27 bits per heavy atom. The zero-order valence-electron chi connectivity index (χ0n) is 14.1. The number of esters is 1. The van der Waals surface area contributed by atoms with E-state index in [1.165, 1.54) is 25.1 Å². The Labute approximate surface area is 161 Å². The molecule has 0 aliphatic rings. The van der Waals surface area contributed by atoms with Crippen molar-refractivity contribution in [3.63, 3.8) is 0 Å². The molecule has 0 fully saturated rings. The lowest BCUT2D eigenvalue weighted by molar-refractivity contribution is -0.123. The van der Waals surface area contributed by atoms with Gasteiger partial charge in [-0.25, -0.2) is 9.18 Å². The quantitative estimate of drug-likeness (QED) is 0.689. The molecule has 1 amide bonds. The van der Waals surface area contributed by atoms with Crippen LogP contribution in [-0.2, 0) is 20.3 Å². The number of anilines is 1. The highest BCUT2D eigenvalue weighted by Crippen LogP contribution is 2.20. The summed E-state index contributed by atoms with van der Waals surface area (Å²) in [4.78, 5) is 24.9. The first kappa shape index (κ1) is 20.3. The Bertz CT molecular complexity index is 859. The molecule has 2 aromatic carbocycles. The van der Waals surface area contributed by atoms with Crippen LogP contribution in [0.5, 0.6) is 0 Å². The number of hydrogen-bond donors (Lipinski definition) is 1. The minimum atomic E-state index is -1.34. The Morgan fingerprint density at radius 2 is 1.96 bits per heavy atom. The van der Waals surface area contributed by atoms with E-state index in [1.54, 1.807) is 31.2 Å². The minimum Gasteiger partial charge on any atom is -0.449 e. The van der Waals surface area contributed by atoms with Crippen molar-refractivity contribution < 1.29 is 22.9 Å². The second-order valence-electron chi connectivity index (χ2n) is 5.29. The molecule has 5 nitrogen and oxygen atoms in total. The van der Waals surface area contributed by atoms with Crippen molar-refractivity contribution >= 4 is 44.3 Å². The summed E-state index contributed by atoms with van der Waals surface area (Å²) < 4.78 is 31.5. The van der Waals surface area contributed by atoms with Crippen LogP contribution in [0.3, 0.4) is 0 Å². The lowest BCUT2D eigenvalue weighted by Gasteiger charge is -2.15. The number of nitrogens with one attached hydrogen (secondary N) is 1. The molecule has 0 saturated carbocycles. The number of hydrogen-bond acceptors (Lipinski definition) is 4. The second-order valence-corrected chi connectivity index (χ2v) is 7.92. The van der Waals surface area contributed by atoms with E-state index in [0.29, 0.717) is 15.1 Å². The molecule has 2 unspecified atom stereocenters. The zero-order valence-corrected chi connectivity index (χ0v) is 16.5. The molecule has 1 N–H and O–H groups in total. The highest BCUT2D eigenvalue weighted by molar-refractivity contribution is 9.10. The van der Waals surface area contributed by atoms with Crippen LogP contribution in [-0.4, -0.2) is 27.9 Å². The Hall–Kier alpha value is -2.06. The first-order valence-electron chi connectivity index (χ1n) is 7.77. The highest BCUT2D eigenvalue weighted by atomic mass is 79.9. The normalized spacial score (nSPS) is 12.9. The summed E-state index contributed by atoms with van der Waals surface area (Å²) in [5.41, 5.74) is 0.121. The van der Waals surface area contributed by atoms with Gasteiger partial charge < -0.3 is 10.1 Å². The number of carbonyl (C=O) groups is 2. The predicted octanol–water partition coefficient (Wildman–Crippen LogP) is 3.90. The van der Waals surface area contributed by atoms with E-state index in [2.05, 4.69) is 21.2 Å². The molecule has 8 heteroatoms. The van der Waals surface area contributed by atoms with Crippen LogP contribution < -0.4 is 5.32 Å². The first-order chi connectivity index (χ1) is 12.3. The van der Waals surface area contributed by atoms with Crippen molar-refractivity contribution in [3.05, 3.63) is 58.3 Å². The van der Waals surface area contributed by atoms with Gasteiger partial charge in [-0.05, 0) is 37.3 Å². The summed E-state index contributed by atoms with van der Waals surface area (Å²) in [6, 6.07) is 10.5. The van der Waals surface area contributed by atoms with Crippen LogP contribution in [0, 0.1) is 5.82 Å². The van der Waals surface area contributed by atoms with Crippen LogP contribution in [0.15, 0.2) is 51.8 Å². The molecule has 0 aromatic heterocycles. The number of benzene rings is 2. The zero-order chi connectivity index (χ0) is 19.3. The molecule has 0 spiro atoms. The van der Waals surface area contributed by atoms with E-state index in [1.807, 2.05) is 0 Å². The lowest BCUT2D eigenvalue weighted by atomic mass is 10.2. The van der Waals surface area contributed by atoms with Gasteiger partial charge in [-0.2, -0.15) is 0 Å². The number of carbonyl (C=O) groups excluding carboxylic acids is 2. The van der Waals surface area contributed by atoms with E-state index in [4.69, 9.17) is 4.74 Å². The third kappa shape index (κ3) is 4.98. The molecule has 0 heterocycles. The highest BCUT2D eigenvalue weighted by Gasteiger charge is 2.22. The van der Waals surface area contributed by atoms with Gasteiger partial charge in [0, 0.05) is 10.2 Å². The van der Waals surface area contributed by atoms with Gasteiger partial charge in [0.1, 0.15) is 5.82 Å². The summed E-state index contributed by atoms with van der Waals surface area (Å²) in [6.45, 7) is 3.12.